The van der Waals surface area contributed by atoms with Gasteiger partial charge in [0.1, 0.15) is 0 Å². The highest BCUT2D eigenvalue weighted by Gasteiger charge is 2.22. The molecule has 1 aromatic carbocycles. The fraction of sp³-hybridized carbons (Fsp3) is 0.467. The van der Waals surface area contributed by atoms with Crippen molar-refractivity contribution in [1.29, 1.82) is 0 Å². The fourth-order valence-electron chi connectivity index (χ4n) is 2.40. The van der Waals surface area contributed by atoms with Crippen LogP contribution in [0.3, 0.4) is 0 Å². The highest BCUT2D eigenvalue weighted by molar-refractivity contribution is 5.54. The third kappa shape index (κ3) is 2.54. The van der Waals surface area contributed by atoms with Gasteiger partial charge in [0.25, 0.3) is 0 Å². The Bertz CT molecular complexity index is 539. The van der Waals surface area contributed by atoms with Crippen LogP contribution in [0.1, 0.15) is 43.6 Å². The second-order valence-electron chi connectivity index (χ2n) is 5.42. The lowest BCUT2D eigenvalue weighted by atomic mass is 10.0. The van der Waals surface area contributed by atoms with Gasteiger partial charge in [0, 0.05) is 12.1 Å². The molecule has 1 aliphatic rings. The molecule has 100 valence electrons. The van der Waals surface area contributed by atoms with E-state index in [1.54, 1.807) is 0 Å². The number of aromatic nitrogens is 2. The van der Waals surface area contributed by atoms with E-state index in [1.165, 1.54) is 5.56 Å². The first-order chi connectivity index (χ1) is 9.24. The predicted molar refractivity (Wildman–Crippen MR) is 74.1 cm³/mol. The van der Waals surface area contributed by atoms with Gasteiger partial charge >= 0.3 is 0 Å². The highest BCUT2D eigenvalue weighted by atomic mass is 16.5. The lowest BCUT2D eigenvalue weighted by Crippen LogP contribution is -2.08. The zero-order valence-corrected chi connectivity index (χ0v) is 11.4. The Labute approximate surface area is 113 Å². The quantitative estimate of drug-likeness (QED) is 0.918. The molecule has 4 heteroatoms. The Balaban J connectivity index is 1.81. The molecular formula is C15H19N3O. The van der Waals surface area contributed by atoms with Gasteiger partial charge in [0.05, 0.1) is 5.92 Å². The second-order valence-corrected chi connectivity index (χ2v) is 5.42. The van der Waals surface area contributed by atoms with E-state index in [0.29, 0.717) is 17.7 Å². The summed E-state index contributed by atoms with van der Waals surface area (Å²) < 4.78 is 5.38. The molecule has 1 aliphatic heterocycles. The van der Waals surface area contributed by atoms with Gasteiger partial charge in [-0.25, -0.2) is 0 Å². The van der Waals surface area contributed by atoms with E-state index in [9.17, 15) is 0 Å². The maximum Gasteiger partial charge on any atom is 0.231 e. The molecule has 2 heterocycles. The monoisotopic (exact) mass is 257 g/mol. The van der Waals surface area contributed by atoms with Gasteiger partial charge in [-0.15, -0.1) is 0 Å². The fourth-order valence-corrected chi connectivity index (χ4v) is 2.40. The second kappa shape index (κ2) is 5.13. The normalized spacial score (nSPS) is 19.2. The van der Waals surface area contributed by atoms with Crippen LogP contribution in [0.15, 0.2) is 28.8 Å². The number of benzene rings is 1. The summed E-state index contributed by atoms with van der Waals surface area (Å²) in [6, 6.07) is 8.40. The van der Waals surface area contributed by atoms with E-state index in [2.05, 4.69) is 53.6 Å². The summed E-state index contributed by atoms with van der Waals surface area (Å²) in [7, 11) is 0. The Morgan fingerprint density at radius 3 is 2.68 bits per heavy atom. The lowest BCUT2D eigenvalue weighted by molar-refractivity contribution is 0.359. The van der Waals surface area contributed by atoms with Crippen molar-refractivity contribution in [2.24, 2.45) is 0 Å². The number of hydrogen-bond acceptors (Lipinski definition) is 4. The van der Waals surface area contributed by atoms with E-state index in [1.807, 2.05) is 0 Å². The summed E-state index contributed by atoms with van der Waals surface area (Å²) in [4.78, 5) is 4.52. The van der Waals surface area contributed by atoms with Gasteiger partial charge in [-0.3, -0.25) is 0 Å². The molecule has 4 nitrogen and oxygen atoms in total. The van der Waals surface area contributed by atoms with Crippen LogP contribution in [-0.4, -0.2) is 23.2 Å². The summed E-state index contributed by atoms with van der Waals surface area (Å²) in [5.41, 5.74) is 2.35. The Hall–Kier alpha value is -1.68. The third-order valence-corrected chi connectivity index (χ3v) is 3.69. The molecule has 2 aromatic rings. The summed E-state index contributed by atoms with van der Waals surface area (Å²) in [6.45, 7) is 6.35. The minimum atomic E-state index is 0.371. The topological polar surface area (TPSA) is 51.0 Å². The number of rotatable bonds is 3. The van der Waals surface area contributed by atoms with Crippen molar-refractivity contribution in [3.63, 3.8) is 0 Å². The minimum Gasteiger partial charge on any atom is -0.339 e. The van der Waals surface area contributed by atoms with Crippen LogP contribution in [0, 0.1) is 0 Å². The molecule has 0 saturated carbocycles. The van der Waals surface area contributed by atoms with Crippen molar-refractivity contribution in [2.75, 3.05) is 13.1 Å². The van der Waals surface area contributed by atoms with Crippen LogP contribution in [-0.2, 0) is 0 Å². The van der Waals surface area contributed by atoms with Crippen molar-refractivity contribution in [3.8, 4) is 11.4 Å². The van der Waals surface area contributed by atoms with Crippen LogP contribution in [0.4, 0.5) is 0 Å². The van der Waals surface area contributed by atoms with Crippen molar-refractivity contribution >= 4 is 0 Å². The Morgan fingerprint density at radius 2 is 2.05 bits per heavy atom. The molecule has 3 rings (SSSR count). The average molecular weight is 257 g/mol. The van der Waals surface area contributed by atoms with E-state index in [0.717, 1.165) is 31.0 Å². The zero-order valence-electron chi connectivity index (χ0n) is 11.4. The van der Waals surface area contributed by atoms with Crippen LogP contribution < -0.4 is 5.32 Å². The number of hydrogen-bond donors (Lipinski definition) is 1. The molecule has 0 bridgehead atoms. The van der Waals surface area contributed by atoms with Gasteiger partial charge in [0.2, 0.25) is 11.7 Å². The van der Waals surface area contributed by atoms with Gasteiger partial charge < -0.3 is 9.84 Å². The van der Waals surface area contributed by atoms with Crippen molar-refractivity contribution in [1.82, 2.24) is 15.5 Å². The Kier molecular flexibility index (Phi) is 3.34. The molecular weight excluding hydrogens is 238 g/mol. The van der Waals surface area contributed by atoms with Crippen molar-refractivity contribution < 1.29 is 4.52 Å². The summed E-state index contributed by atoms with van der Waals surface area (Å²) in [5, 5.41) is 7.40. The van der Waals surface area contributed by atoms with E-state index in [-0.39, 0.29) is 0 Å². The molecule has 19 heavy (non-hydrogen) atoms. The maximum absolute atomic E-state index is 5.38. The van der Waals surface area contributed by atoms with Gasteiger partial charge in [0.15, 0.2) is 0 Å². The molecule has 0 aliphatic carbocycles. The first-order valence-electron chi connectivity index (χ1n) is 6.88. The number of nitrogens with zero attached hydrogens (tertiary/aromatic N) is 2. The van der Waals surface area contributed by atoms with Crippen LogP contribution in [0.5, 0.6) is 0 Å². The van der Waals surface area contributed by atoms with E-state index < -0.39 is 0 Å². The standard InChI is InChI=1S/C15H19N3O/c1-10(2)11-3-5-12(6-4-11)14-17-15(19-18-14)13-7-8-16-9-13/h3-6,10,13,16H,7-9H2,1-2H3. The minimum absolute atomic E-state index is 0.371. The molecule has 1 fully saturated rings. The zero-order chi connectivity index (χ0) is 13.2. The number of nitrogens with one attached hydrogen (secondary N) is 1. The summed E-state index contributed by atoms with van der Waals surface area (Å²) in [6.07, 6.45) is 1.08. The lowest BCUT2D eigenvalue weighted by Gasteiger charge is -2.04. The molecule has 1 atom stereocenters. The smallest absolute Gasteiger partial charge is 0.231 e. The van der Waals surface area contributed by atoms with Crippen LogP contribution in [0.2, 0.25) is 0 Å². The molecule has 1 N–H and O–H groups in total. The van der Waals surface area contributed by atoms with E-state index >= 15 is 0 Å². The maximum atomic E-state index is 5.38. The molecule has 1 aromatic heterocycles. The summed E-state index contributed by atoms with van der Waals surface area (Å²) in [5.74, 6) is 2.36. The van der Waals surface area contributed by atoms with Crippen LogP contribution >= 0.6 is 0 Å². The molecule has 0 radical (unpaired) electrons. The first kappa shape index (κ1) is 12.4. The first-order valence-corrected chi connectivity index (χ1v) is 6.88. The average Bonchev–Trinajstić information content (AvgIpc) is 3.10. The summed E-state index contributed by atoms with van der Waals surface area (Å²) >= 11 is 0. The molecule has 1 saturated heterocycles. The largest absolute Gasteiger partial charge is 0.339 e. The van der Waals surface area contributed by atoms with Gasteiger partial charge in [-0.1, -0.05) is 43.3 Å². The van der Waals surface area contributed by atoms with Gasteiger partial charge in [-0.2, -0.15) is 4.98 Å². The van der Waals surface area contributed by atoms with Crippen molar-refractivity contribution in [2.45, 2.75) is 32.1 Å². The van der Waals surface area contributed by atoms with Gasteiger partial charge in [-0.05, 0) is 24.4 Å². The molecule has 0 amide bonds. The van der Waals surface area contributed by atoms with Crippen molar-refractivity contribution in [3.05, 3.63) is 35.7 Å². The van der Waals surface area contributed by atoms with E-state index in [4.69, 9.17) is 4.52 Å². The van der Waals surface area contributed by atoms with Crippen LogP contribution in [0.25, 0.3) is 11.4 Å². The SMILES string of the molecule is CC(C)c1ccc(-c2noc(C3CCNC3)n2)cc1. The molecule has 0 spiro atoms. The third-order valence-electron chi connectivity index (χ3n) is 3.69. The highest BCUT2D eigenvalue weighted by Crippen LogP contribution is 2.25. The Morgan fingerprint density at radius 1 is 1.26 bits per heavy atom. The predicted octanol–water partition coefficient (Wildman–Crippen LogP) is 2.94. The molecule has 1 unspecified atom stereocenters.